The van der Waals surface area contributed by atoms with Crippen molar-refractivity contribution in [2.75, 3.05) is 31.6 Å². The normalized spacial score (nSPS) is 19.5. The molecule has 34 heavy (non-hydrogen) atoms. The van der Waals surface area contributed by atoms with Crippen molar-refractivity contribution in [2.45, 2.75) is 44.0 Å². The summed E-state index contributed by atoms with van der Waals surface area (Å²) in [5.74, 6) is 0.147. The highest BCUT2D eigenvalue weighted by Crippen LogP contribution is 2.29. The molecule has 0 saturated carbocycles. The molecular weight excluding hydrogens is 454 g/mol. The molecule has 2 aromatic carbocycles. The van der Waals surface area contributed by atoms with Crippen molar-refractivity contribution >= 4 is 27.5 Å². The third-order valence-corrected chi connectivity index (χ3v) is 8.31. The maximum atomic E-state index is 13.1. The number of nitrogens with zero attached hydrogens (tertiary/aromatic N) is 2. The average Bonchev–Trinajstić information content (AvgIpc) is 3.22. The van der Waals surface area contributed by atoms with E-state index in [-0.39, 0.29) is 35.1 Å². The highest BCUT2D eigenvalue weighted by molar-refractivity contribution is 7.89. The van der Waals surface area contributed by atoms with Crippen LogP contribution in [0.1, 0.15) is 30.4 Å². The Labute approximate surface area is 200 Å². The van der Waals surface area contributed by atoms with Crippen molar-refractivity contribution in [3.8, 4) is 5.75 Å². The maximum Gasteiger partial charge on any atom is 0.240 e. The maximum absolute atomic E-state index is 13.1. The number of benzene rings is 2. The molecule has 1 atom stereocenters. The number of aryl methyl sites for hydroxylation is 2. The molecule has 0 unspecified atom stereocenters. The van der Waals surface area contributed by atoms with Gasteiger partial charge < -0.3 is 14.5 Å². The molecule has 2 saturated heterocycles. The van der Waals surface area contributed by atoms with E-state index < -0.39 is 10.0 Å². The van der Waals surface area contributed by atoms with Crippen LogP contribution >= 0.6 is 0 Å². The number of hydrogen-bond donors (Lipinski definition) is 1. The zero-order valence-corrected chi connectivity index (χ0v) is 20.6. The van der Waals surface area contributed by atoms with Gasteiger partial charge in [-0.2, -0.15) is 0 Å². The van der Waals surface area contributed by atoms with Gasteiger partial charge in [0.15, 0.2) is 0 Å². The number of carbonyl (C=O) groups excluding carboxylic acids is 2. The smallest absolute Gasteiger partial charge is 0.240 e. The van der Waals surface area contributed by atoms with Gasteiger partial charge in [-0.15, -0.1) is 0 Å². The molecule has 8 nitrogen and oxygen atoms in total. The molecule has 2 amide bonds. The van der Waals surface area contributed by atoms with Crippen LogP contribution in [0.25, 0.3) is 0 Å². The Morgan fingerprint density at radius 2 is 1.71 bits per heavy atom. The quantitative estimate of drug-likeness (QED) is 0.679. The van der Waals surface area contributed by atoms with Crippen molar-refractivity contribution < 1.29 is 22.7 Å². The largest absolute Gasteiger partial charge is 0.497 e. The summed E-state index contributed by atoms with van der Waals surface area (Å²) in [7, 11) is -2.12. The monoisotopic (exact) mass is 485 g/mol. The molecule has 9 heteroatoms. The minimum Gasteiger partial charge on any atom is -0.497 e. The second-order valence-corrected chi connectivity index (χ2v) is 10.8. The van der Waals surface area contributed by atoms with E-state index in [0.717, 1.165) is 16.8 Å². The van der Waals surface area contributed by atoms with E-state index in [1.54, 1.807) is 21.9 Å². The number of piperidine rings is 1. The molecule has 0 spiro atoms. The van der Waals surface area contributed by atoms with Crippen LogP contribution in [-0.2, 0) is 19.6 Å². The fourth-order valence-corrected chi connectivity index (χ4v) is 5.84. The molecule has 2 aliphatic rings. The van der Waals surface area contributed by atoms with Crippen LogP contribution in [-0.4, -0.2) is 57.9 Å². The number of likely N-dealkylation sites (tertiary alicyclic amines) is 1. The highest BCUT2D eigenvalue weighted by atomic mass is 32.2. The summed E-state index contributed by atoms with van der Waals surface area (Å²) in [4.78, 5) is 29.4. The Bertz CT molecular complexity index is 1170. The Kier molecular flexibility index (Phi) is 6.95. The number of methoxy groups -OCH3 is 1. The zero-order chi connectivity index (χ0) is 24.5. The summed E-state index contributed by atoms with van der Waals surface area (Å²) in [6, 6.07) is 11.9. The van der Waals surface area contributed by atoms with Crippen molar-refractivity contribution in [1.29, 1.82) is 0 Å². The minimum atomic E-state index is -3.65. The molecule has 0 bridgehead atoms. The van der Waals surface area contributed by atoms with Gasteiger partial charge >= 0.3 is 0 Å². The van der Waals surface area contributed by atoms with E-state index in [1.807, 2.05) is 32.0 Å². The van der Waals surface area contributed by atoms with Crippen LogP contribution in [0.4, 0.5) is 5.69 Å². The SMILES string of the molecule is COc1ccc(S(=O)(=O)NC2CCN(C(=O)[C@@H]3CC(=O)N(c4ccc(C)c(C)c4)C3)CC2)cc1. The second-order valence-electron chi connectivity index (χ2n) is 9.07. The number of rotatable bonds is 6. The second kappa shape index (κ2) is 9.76. The van der Waals surface area contributed by atoms with Gasteiger partial charge in [-0.1, -0.05) is 6.07 Å². The van der Waals surface area contributed by atoms with Gasteiger partial charge in [0.2, 0.25) is 21.8 Å². The first kappa shape index (κ1) is 24.2. The topological polar surface area (TPSA) is 96.0 Å². The van der Waals surface area contributed by atoms with Crippen molar-refractivity contribution in [3.05, 3.63) is 53.6 Å². The van der Waals surface area contributed by atoms with Crippen LogP contribution in [0.2, 0.25) is 0 Å². The molecular formula is C25H31N3O5S. The lowest BCUT2D eigenvalue weighted by Gasteiger charge is -2.33. The summed E-state index contributed by atoms with van der Waals surface area (Å²) in [5.41, 5.74) is 3.10. The van der Waals surface area contributed by atoms with Gasteiger partial charge in [0.1, 0.15) is 5.75 Å². The first-order valence-electron chi connectivity index (χ1n) is 11.5. The third kappa shape index (κ3) is 5.10. The van der Waals surface area contributed by atoms with Crippen LogP contribution in [0.15, 0.2) is 47.4 Å². The number of ether oxygens (including phenoxy) is 1. The van der Waals surface area contributed by atoms with Gasteiger partial charge in [-0.05, 0) is 74.2 Å². The molecule has 2 aromatic rings. The fraction of sp³-hybridized carbons (Fsp3) is 0.440. The molecule has 2 fully saturated rings. The third-order valence-electron chi connectivity index (χ3n) is 6.77. The summed E-state index contributed by atoms with van der Waals surface area (Å²) in [6.07, 6.45) is 1.26. The minimum absolute atomic E-state index is 0.0313. The lowest BCUT2D eigenvalue weighted by atomic mass is 10.0. The molecule has 1 N–H and O–H groups in total. The fourth-order valence-electron chi connectivity index (χ4n) is 4.53. The summed E-state index contributed by atoms with van der Waals surface area (Å²) >= 11 is 0. The van der Waals surface area contributed by atoms with Crippen molar-refractivity contribution in [3.63, 3.8) is 0 Å². The van der Waals surface area contributed by atoms with Gasteiger partial charge in [-0.3, -0.25) is 9.59 Å². The first-order chi connectivity index (χ1) is 16.2. The van der Waals surface area contributed by atoms with E-state index in [4.69, 9.17) is 4.74 Å². The Morgan fingerprint density at radius 3 is 2.32 bits per heavy atom. The predicted octanol–water partition coefficient (Wildman–Crippen LogP) is 2.63. The molecule has 2 heterocycles. The zero-order valence-electron chi connectivity index (χ0n) is 19.8. The highest BCUT2D eigenvalue weighted by Gasteiger charge is 2.38. The molecule has 4 rings (SSSR count). The van der Waals surface area contributed by atoms with Crippen LogP contribution in [0.3, 0.4) is 0 Å². The predicted molar refractivity (Wildman–Crippen MR) is 129 cm³/mol. The number of hydrogen-bond acceptors (Lipinski definition) is 5. The number of sulfonamides is 1. The van der Waals surface area contributed by atoms with E-state index in [0.29, 0.717) is 38.2 Å². The van der Waals surface area contributed by atoms with E-state index in [9.17, 15) is 18.0 Å². The molecule has 182 valence electrons. The lowest BCUT2D eigenvalue weighted by Crippen LogP contribution is -2.48. The van der Waals surface area contributed by atoms with E-state index in [2.05, 4.69) is 4.72 Å². The van der Waals surface area contributed by atoms with Gasteiger partial charge in [0.25, 0.3) is 0 Å². The molecule has 0 aromatic heterocycles. The molecule has 2 aliphatic heterocycles. The summed E-state index contributed by atoms with van der Waals surface area (Å²) < 4.78 is 33.2. The van der Waals surface area contributed by atoms with E-state index in [1.165, 1.54) is 19.2 Å². The Hall–Kier alpha value is -2.91. The summed E-state index contributed by atoms with van der Waals surface area (Å²) in [5, 5.41) is 0. The van der Waals surface area contributed by atoms with Crippen LogP contribution in [0, 0.1) is 19.8 Å². The molecule has 0 radical (unpaired) electrons. The Morgan fingerprint density at radius 1 is 1.03 bits per heavy atom. The number of anilines is 1. The van der Waals surface area contributed by atoms with Crippen LogP contribution < -0.4 is 14.4 Å². The lowest BCUT2D eigenvalue weighted by molar-refractivity contribution is -0.136. The van der Waals surface area contributed by atoms with Gasteiger partial charge in [-0.25, -0.2) is 13.1 Å². The summed E-state index contributed by atoms with van der Waals surface area (Å²) in [6.45, 7) is 5.34. The van der Waals surface area contributed by atoms with E-state index >= 15 is 0 Å². The average molecular weight is 486 g/mol. The number of carbonyl (C=O) groups is 2. The first-order valence-corrected chi connectivity index (χ1v) is 13.0. The van der Waals surface area contributed by atoms with Gasteiger partial charge in [0.05, 0.1) is 17.9 Å². The number of nitrogens with one attached hydrogen (secondary N) is 1. The van der Waals surface area contributed by atoms with Crippen molar-refractivity contribution in [1.82, 2.24) is 9.62 Å². The molecule has 0 aliphatic carbocycles. The van der Waals surface area contributed by atoms with Gasteiger partial charge in [0, 0.05) is 37.8 Å². The Balaban J connectivity index is 1.32. The standard InChI is InChI=1S/C25H31N3O5S/c1-17-4-5-21(14-18(17)2)28-16-19(15-24(28)29)25(30)27-12-10-20(11-13-27)26-34(31,32)23-8-6-22(33-3)7-9-23/h4-9,14,19-20,26H,10-13,15-16H2,1-3H3/t19-/m1/s1. The van der Waals surface area contributed by atoms with Crippen LogP contribution in [0.5, 0.6) is 5.75 Å². The van der Waals surface area contributed by atoms with Crippen molar-refractivity contribution in [2.24, 2.45) is 5.92 Å². The number of amides is 2.